The van der Waals surface area contributed by atoms with Crippen molar-refractivity contribution in [3.05, 3.63) is 51.8 Å². The second-order valence-corrected chi connectivity index (χ2v) is 7.46. The minimum absolute atomic E-state index is 0.154. The monoisotopic (exact) mass is 388 g/mol. The molecule has 0 saturated carbocycles. The van der Waals surface area contributed by atoms with Gasteiger partial charge in [0.25, 0.3) is 5.91 Å². The number of fused-ring (bicyclic) bond motifs is 2. The zero-order valence-electron chi connectivity index (χ0n) is 14.4. The van der Waals surface area contributed by atoms with Gasteiger partial charge in [0, 0.05) is 11.6 Å². The van der Waals surface area contributed by atoms with E-state index in [0.29, 0.717) is 27.9 Å². The van der Waals surface area contributed by atoms with Gasteiger partial charge in [0.1, 0.15) is 6.61 Å². The molecule has 0 N–H and O–H groups in total. The number of nitrogens with zero attached hydrogens (tertiary/aromatic N) is 2. The molecule has 1 aliphatic heterocycles. The van der Waals surface area contributed by atoms with Gasteiger partial charge < -0.3 is 14.0 Å². The first-order valence-electron chi connectivity index (χ1n) is 8.33. The highest BCUT2D eigenvalue weighted by Crippen LogP contribution is 2.31. The summed E-state index contributed by atoms with van der Waals surface area (Å²) in [7, 11) is 0. The van der Waals surface area contributed by atoms with Gasteiger partial charge in [-0.05, 0) is 43.7 Å². The van der Waals surface area contributed by atoms with E-state index in [1.807, 2.05) is 48.7 Å². The number of rotatable bonds is 2. The molecule has 1 aromatic heterocycles. The van der Waals surface area contributed by atoms with Crippen LogP contribution < -0.4 is 14.3 Å². The van der Waals surface area contributed by atoms with Crippen LogP contribution in [-0.4, -0.2) is 23.2 Å². The SMILES string of the molecule is CCn1c(=NC(=O)C2COc3ccccc3O2)sc2cc(Cl)cc(C)c21. The van der Waals surface area contributed by atoms with Crippen molar-refractivity contribution in [1.82, 2.24) is 4.57 Å². The smallest absolute Gasteiger partial charge is 0.292 e. The van der Waals surface area contributed by atoms with Crippen molar-refractivity contribution in [2.24, 2.45) is 4.99 Å². The van der Waals surface area contributed by atoms with E-state index in [2.05, 4.69) is 4.99 Å². The van der Waals surface area contributed by atoms with Crippen molar-refractivity contribution in [2.75, 3.05) is 6.61 Å². The standard InChI is InChI=1S/C19H17ClN2O3S/c1-3-22-17-11(2)8-12(20)9-16(17)26-19(22)21-18(23)15-10-24-13-6-4-5-7-14(13)25-15/h4-9,15H,3,10H2,1-2H3. The summed E-state index contributed by atoms with van der Waals surface area (Å²) in [5, 5.41) is 0.679. The van der Waals surface area contributed by atoms with Crippen molar-refractivity contribution in [2.45, 2.75) is 26.5 Å². The van der Waals surface area contributed by atoms with E-state index in [1.165, 1.54) is 11.3 Å². The second-order valence-electron chi connectivity index (χ2n) is 6.01. The first-order valence-corrected chi connectivity index (χ1v) is 9.53. The minimum Gasteiger partial charge on any atom is -0.485 e. The number of benzene rings is 2. The van der Waals surface area contributed by atoms with Gasteiger partial charge in [-0.15, -0.1) is 0 Å². The maximum atomic E-state index is 12.7. The average molecular weight is 389 g/mol. The van der Waals surface area contributed by atoms with Gasteiger partial charge in [-0.25, -0.2) is 0 Å². The molecule has 7 heteroatoms. The molecule has 4 rings (SSSR count). The van der Waals surface area contributed by atoms with E-state index in [-0.39, 0.29) is 12.5 Å². The highest BCUT2D eigenvalue weighted by atomic mass is 35.5. The number of aromatic nitrogens is 1. The van der Waals surface area contributed by atoms with Crippen LogP contribution in [0, 0.1) is 6.92 Å². The van der Waals surface area contributed by atoms with Crippen LogP contribution >= 0.6 is 22.9 Å². The van der Waals surface area contributed by atoms with Gasteiger partial charge in [0.2, 0.25) is 6.10 Å². The number of hydrogen-bond donors (Lipinski definition) is 0. The molecule has 26 heavy (non-hydrogen) atoms. The summed E-state index contributed by atoms with van der Waals surface area (Å²) in [6.45, 7) is 4.90. The van der Waals surface area contributed by atoms with Crippen LogP contribution in [0.15, 0.2) is 41.4 Å². The van der Waals surface area contributed by atoms with E-state index < -0.39 is 6.10 Å². The Hall–Kier alpha value is -2.31. The quantitative estimate of drug-likeness (QED) is 0.667. The van der Waals surface area contributed by atoms with Crippen LogP contribution in [0.5, 0.6) is 11.5 Å². The van der Waals surface area contributed by atoms with E-state index in [1.54, 1.807) is 6.07 Å². The Morgan fingerprint density at radius 2 is 2.12 bits per heavy atom. The van der Waals surface area contributed by atoms with Gasteiger partial charge in [-0.1, -0.05) is 35.1 Å². The fourth-order valence-electron chi connectivity index (χ4n) is 3.06. The molecule has 3 aromatic rings. The molecular formula is C19H17ClN2O3S. The number of hydrogen-bond acceptors (Lipinski definition) is 4. The summed E-state index contributed by atoms with van der Waals surface area (Å²) in [5.74, 6) is 0.860. The van der Waals surface area contributed by atoms with Crippen LogP contribution in [-0.2, 0) is 11.3 Å². The topological polar surface area (TPSA) is 52.8 Å². The molecule has 2 heterocycles. The zero-order chi connectivity index (χ0) is 18.3. The molecule has 0 spiro atoms. The van der Waals surface area contributed by atoms with Gasteiger partial charge in [0.05, 0.1) is 10.2 Å². The van der Waals surface area contributed by atoms with Crippen molar-refractivity contribution in [3.8, 4) is 11.5 Å². The third-order valence-corrected chi connectivity index (χ3v) is 5.48. The number of halogens is 1. The molecule has 2 aromatic carbocycles. The molecule has 0 fully saturated rings. The summed E-state index contributed by atoms with van der Waals surface area (Å²) in [6.07, 6.45) is -0.745. The number of carbonyl (C=O) groups excluding carboxylic acids is 1. The number of carbonyl (C=O) groups is 1. The summed E-state index contributed by atoms with van der Waals surface area (Å²) in [6, 6.07) is 11.1. The molecule has 0 aliphatic carbocycles. The molecule has 0 radical (unpaired) electrons. The fourth-order valence-corrected chi connectivity index (χ4v) is 4.62. The lowest BCUT2D eigenvalue weighted by Crippen LogP contribution is -2.36. The molecule has 0 saturated heterocycles. The second kappa shape index (κ2) is 6.78. The van der Waals surface area contributed by atoms with Crippen LogP contribution in [0.25, 0.3) is 10.2 Å². The van der Waals surface area contributed by atoms with E-state index >= 15 is 0 Å². The van der Waals surface area contributed by atoms with E-state index in [9.17, 15) is 4.79 Å². The largest absolute Gasteiger partial charge is 0.485 e. The minimum atomic E-state index is -0.745. The number of thiazole rings is 1. The maximum Gasteiger partial charge on any atom is 0.292 e. The Labute approximate surface area is 159 Å². The fraction of sp³-hybridized carbons (Fsp3) is 0.263. The average Bonchev–Trinajstić information content (AvgIpc) is 2.98. The predicted molar refractivity (Wildman–Crippen MR) is 102 cm³/mol. The lowest BCUT2D eigenvalue weighted by atomic mass is 10.2. The molecule has 134 valence electrons. The third-order valence-electron chi connectivity index (χ3n) is 4.24. The molecule has 1 unspecified atom stereocenters. The van der Waals surface area contributed by atoms with Gasteiger partial charge in [0.15, 0.2) is 16.3 Å². The Bertz CT molecular complexity index is 1070. The highest BCUT2D eigenvalue weighted by Gasteiger charge is 2.27. The van der Waals surface area contributed by atoms with Gasteiger partial charge in [-0.3, -0.25) is 4.79 Å². The summed E-state index contributed by atoms with van der Waals surface area (Å²) in [4.78, 5) is 17.6. The molecule has 1 amide bonds. The Morgan fingerprint density at radius 3 is 2.88 bits per heavy atom. The molecule has 1 atom stereocenters. The zero-order valence-corrected chi connectivity index (χ0v) is 15.9. The van der Waals surface area contributed by atoms with Crippen molar-refractivity contribution >= 4 is 39.1 Å². The lowest BCUT2D eigenvalue weighted by molar-refractivity contribution is -0.127. The summed E-state index contributed by atoms with van der Waals surface area (Å²) >= 11 is 7.62. The van der Waals surface area contributed by atoms with Gasteiger partial charge >= 0.3 is 0 Å². The third kappa shape index (κ3) is 2.99. The first-order chi connectivity index (χ1) is 12.6. The van der Waals surface area contributed by atoms with Crippen LogP contribution in [0.4, 0.5) is 0 Å². The van der Waals surface area contributed by atoms with E-state index in [0.717, 1.165) is 15.8 Å². The van der Waals surface area contributed by atoms with E-state index in [4.69, 9.17) is 21.1 Å². The molecule has 5 nitrogen and oxygen atoms in total. The normalized spacial score (nSPS) is 16.9. The summed E-state index contributed by atoms with van der Waals surface area (Å²) < 4.78 is 14.4. The van der Waals surface area contributed by atoms with Gasteiger partial charge in [-0.2, -0.15) is 4.99 Å². The van der Waals surface area contributed by atoms with Crippen molar-refractivity contribution in [3.63, 3.8) is 0 Å². The number of amides is 1. The maximum absolute atomic E-state index is 12.7. The first kappa shape index (κ1) is 17.1. The number of para-hydroxylation sites is 2. The number of ether oxygens (including phenoxy) is 2. The molecule has 0 bridgehead atoms. The number of aryl methyl sites for hydroxylation is 2. The van der Waals surface area contributed by atoms with Crippen LogP contribution in [0.1, 0.15) is 12.5 Å². The Kier molecular flexibility index (Phi) is 4.46. The Morgan fingerprint density at radius 1 is 1.35 bits per heavy atom. The lowest BCUT2D eigenvalue weighted by Gasteiger charge is -2.23. The summed E-state index contributed by atoms with van der Waals surface area (Å²) in [5.41, 5.74) is 2.12. The highest BCUT2D eigenvalue weighted by molar-refractivity contribution is 7.16. The van der Waals surface area contributed by atoms with Crippen molar-refractivity contribution in [1.29, 1.82) is 0 Å². The Balaban J connectivity index is 1.72. The van der Waals surface area contributed by atoms with Crippen LogP contribution in [0.2, 0.25) is 5.02 Å². The van der Waals surface area contributed by atoms with Crippen LogP contribution in [0.3, 0.4) is 0 Å². The van der Waals surface area contributed by atoms with Crippen molar-refractivity contribution < 1.29 is 14.3 Å². The molecular weight excluding hydrogens is 372 g/mol. The predicted octanol–water partition coefficient (Wildman–Crippen LogP) is 3.95. The molecule has 1 aliphatic rings.